The van der Waals surface area contributed by atoms with Crippen molar-refractivity contribution in [3.05, 3.63) is 53.7 Å². The van der Waals surface area contributed by atoms with E-state index in [2.05, 4.69) is 11.1 Å². The number of aromatic nitrogens is 1. The summed E-state index contributed by atoms with van der Waals surface area (Å²) in [6.45, 7) is 1.88. The van der Waals surface area contributed by atoms with E-state index in [-0.39, 0.29) is 6.04 Å². The smallest absolute Gasteiger partial charge is 0.223 e. The lowest BCUT2D eigenvalue weighted by molar-refractivity contribution is 0.452. The predicted molar refractivity (Wildman–Crippen MR) is 68.1 cm³/mol. The van der Waals surface area contributed by atoms with Crippen molar-refractivity contribution in [1.82, 2.24) is 4.98 Å². The molecule has 0 radical (unpaired) electrons. The van der Waals surface area contributed by atoms with Crippen molar-refractivity contribution >= 4 is 0 Å². The summed E-state index contributed by atoms with van der Waals surface area (Å²) in [5.41, 5.74) is 7.29. The highest BCUT2D eigenvalue weighted by Crippen LogP contribution is 2.26. The van der Waals surface area contributed by atoms with Crippen LogP contribution in [-0.2, 0) is 0 Å². The van der Waals surface area contributed by atoms with Gasteiger partial charge in [-0.1, -0.05) is 6.07 Å². The zero-order valence-corrected chi connectivity index (χ0v) is 10.00. The van der Waals surface area contributed by atoms with Crippen LogP contribution in [0.15, 0.2) is 42.6 Å². The van der Waals surface area contributed by atoms with Gasteiger partial charge >= 0.3 is 0 Å². The molecule has 0 amide bonds. The van der Waals surface area contributed by atoms with Gasteiger partial charge in [-0.2, -0.15) is 5.26 Å². The Hall–Kier alpha value is -2.38. The summed E-state index contributed by atoms with van der Waals surface area (Å²) < 4.78 is 5.67. The molecule has 0 bridgehead atoms. The Balaban J connectivity index is 2.26. The lowest BCUT2D eigenvalue weighted by atomic mass is 10.1. The van der Waals surface area contributed by atoms with Gasteiger partial charge in [-0.25, -0.2) is 4.98 Å². The van der Waals surface area contributed by atoms with Crippen LogP contribution in [0.3, 0.4) is 0 Å². The highest BCUT2D eigenvalue weighted by atomic mass is 16.5. The van der Waals surface area contributed by atoms with Crippen LogP contribution in [0.2, 0.25) is 0 Å². The lowest BCUT2D eigenvalue weighted by Crippen LogP contribution is -2.07. The van der Waals surface area contributed by atoms with Crippen molar-refractivity contribution in [2.45, 2.75) is 13.0 Å². The summed E-state index contributed by atoms with van der Waals surface area (Å²) in [7, 11) is 0. The molecule has 0 aliphatic heterocycles. The maximum absolute atomic E-state index is 8.72. The monoisotopic (exact) mass is 239 g/mol. The second kappa shape index (κ2) is 5.30. The quantitative estimate of drug-likeness (QED) is 0.893. The first kappa shape index (κ1) is 12.1. The average Bonchev–Trinajstić information content (AvgIpc) is 2.40. The fraction of sp³-hybridized carbons (Fsp3) is 0.143. The number of ether oxygens (including phenoxy) is 1. The maximum atomic E-state index is 8.72. The van der Waals surface area contributed by atoms with Crippen molar-refractivity contribution < 1.29 is 4.74 Å². The summed E-state index contributed by atoms with van der Waals surface area (Å²) >= 11 is 0. The van der Waals surface area contributed by atoms with E-state index < -0.39 is 0 Å². The Labute approximate surface area is 106 Å². The van der Waals surface area contributed by atoms with E-state index in [0.717, 1.165) is 5.56 Å². The molecule has 1 atom stereocenters. The van der Waals surface area contributed by atoms with E-state index in [9.17, 15) is 0 Å². The number of nitrogens with zero attached hydrogens (tertiary/aromatic N) is 2. The minimum Gasteiger partial charge on any atom is -0.439 e. The molecule has 2 N–H and O–H groups in total. The van der Waals surface area contributed by atoms with Crippen LogP contribution in [0.25, 0.3) is 0 Å². The van der Waals surface area contributed by atoms with Gasteiger partial charge in [0.1, 0.15) is 5.75 Å². The van der Waals surface area contributed by atoms with Gasteiger partial charge in [0, 0.05) is 17.8 Å². The van der Waals surface area contributed by atoms with E-state index in [1.165, 1.54) is 0 Å². The second-order valence-corrected chi connectivity index (χ2v) is 3.92. The van der Waals surface area contributed by atoms with Crippen molar-refractivity contribution in [1.29, 1.82) is 5.26 Å². The molecule has 1 aromatic carbocycles. The van der Waals surface area contributed by atoms with Gasteiger partial charge in [0.2, 0.25) is 5.88 Å². The van der Waals surface area contributed by atoms with Gasteiger partial charge in [-0.3, -0.25) is 0 Å². The molecule has 4 nitrogen and oxygen atoms in total. The first-order valence-electron chi connectivity index (χ1n) is 5.59. The van der Waals surface area contributed by atoms with Crippen molar-refractivity contribution in [2.24, 2.45) is 5.73 Å². The van der Waals surface area contributed by atoms with Crippen molar-refractivity contribution in [2.75, 3.05) is 0 Å². The van der Waals surface area contributed by atoms with E-state index in [0.29, 0.717) is 17.2 Å². The van der Waals surface area contributed by atoms with Gasteiger partial charge in [0.05, 0.1) is 11.6 Å². The molecule has 90 valence electrons. The number of nitrogens with two attached hydrogens (primary N) is 1. The molecule has 2 rings (SSSR count). The molecule has 18 heavy (non-hydrogen) atoms. The largest absolute Gasteiger partial charge is 0.439 e. The van der Waals surface area contributed by atoms with Crippen LogP contribution in [0.1, 0.15) is 24.1 Å². The van der Waals surface area contributed by atoms with Crippen molar-refractivity contribution in [3.8, 4) is 17.7 Å². The molecule has 0 fully saturated rings. The second-order valence-electron chi connectivity index (χ2n) is 3.92. The minimum absolute atomic E-state index is 0.146. The van der Waals surface area contributed by atoms with Gasteiger partial charge in [0.15, 0.2) is 0 Å². The van der Waals surface area contributed by atoms with Crippen LogP contribution in [0, 0.1) is 11.3 Å². The molecule has 0 saturated heterocycles. The maximum Gasteiger partial charge on any atom is 0.223 e. The average molecular weight is 239 g/mol. The topological polar surface area (TPSA) is 71.9 Å². The SMILES string of the molecule is CC(N)c1cccnc1Oc1ccc(C#N)cc1. The van der Waals surface area contributed by atoms with Crippen LogP contribution in [0.5, 0.6) is 11.6 Å². The molecule has 1 heterocycles. The Morgan fingerprint density at radius 1 is 1.28 bits per heavy atom. The molecule has 0 spiro atoms. The Morgan fingerprint density at radius 2 is 2.00 bits per heavy atom. The zero-order valence-electron chi connectivity index (χ0n) is 10.00. The minimum atomic E-state index is -0.146. The third-order valence-electron chi connectivity index (χ3n) is 2.49. The van der Waals surface area contributed by atoms with Gasteiger partial charge in [-0.05, 0) is 37.3 Å². The first-order valence-corrected chi connectivity index (χ1v) is 5.59. The van der Waals surface area contributed by atoms with Crippen molar-refractivity contribution in [3.63, 3.8) is 0 Å². The normalized spacial score (nSPS) is 11.6. The van der Waals surface area contributed by atoms with Crippen LogP contribution in [0.4, 0.5) is 0 Å². The molecule has 0 saturated carbocycles. The summed E-state index contributed by atoms with van der Waals surface area (Å²) in [5.74, 6) is 1.13. The number of benzene rings is 1. The molecular weight excluding hydrogens is 226 g/mol. The molecule has 4 heteroatoms. The lowest BCUT2D eigenvalue weighted by Gasteiger charge is -2.11. The molecular formula is C14H13N3O. The number of pyridine rings is 1. The third kappa shape index (κ3) is 2.65. The molecule has 1 unspecified atom stereocenters. The van der Waals surface area contributed by atoms with E-state index in [4.69, 9.17) is 15.7 Å². The Bertz CT molecular complexity index is 570. The first-order chi connectivity index (χ1) is 8.70. The number of hydrogen-bond acceptors (Lipinski definition) is 4. The van der Waals surface area contributed by atoms with Crippen LogP contribution < -0.4 is 10.5 Å². The van der Waals surface area contributed by atoms with E-state index >= 15 is 0 Å². The summed E-state index contributed by atoms with van der Waals surface area (Å²) in [6.07, 6.45) is 1.66. The highest BCUT2D eigenvalue weighted by Gasteiger charge is 2.09. The fourth-order valence-electron chi connectivity index (χ4n) is 1.54. The molecule has 0 aliphatic carbocycles. The summed E-state index contributed by atoms with van der Waals surface area (Å²) in [4.78, 5) is 4.17. The van der Waals surface area contributed by atoms with Gasteiger partial charge < -0.3 is 10.5 Å². The fourth-order valence-corrected chi connectivity index (χ4v) is 1.54. The zero-order chi connectivity index (χ0) is 13.0. The number of hydrogen-bond donors (Lipinski definition) is 1. The molecule has 2 aromatic rings. The van der Waals surface area contributed by atoms with Crippen LogP contribution >= 0.6 is 0 Å². The summed E-state index contributed by atoms with van der Waals surface area (Å²) in [6, 6.07) is 12.5. The van der Waals surface area contributed by atoms with Gasteiger partial charge in [0.25, 0.3) is 0 Å². The summed E-state index contributed by atoms with van der Waals surface area (Å²) in [5, 5.41) is 8.72. The Kier molecular flexibility index (Phi) is 3.56. The van der Waals surface area contributed by atoms with E-state index in [1.807, 2.05) is 19.1 Å². The standard InChI is InChI=1S/C14H13N3O/c1-10(16)13-3-2-8-17-14(13)18-12-6-4-11(9-15)5-7-12/h2-8,10H,16H2,1H3. The molecule has 1 aromatic heterocycles. The third-order valence-corrected chi connectivity index (χ3v) is 2.49. The Morgan fingerprint density at radius 3 is 2.61 bits per heavy atom. The van der Waals surface area contributed by atoms with E-state index in [1.54, 1.807) is 30.5 Å². The number of rotatable bonds is 3. The molecule has 0 aliphatic rings. The number of nitriles is 1. The van der Waals surface area contributed by atoms with Crippen LogP contribution in [-0.4, -0.2) is 4.98 Å². The van der Waals surface area contributed by atoms with Gasteiger partial charge in [-0.15, -0.1) is 0 Å². The predicted octanol–water partition coefficient (Wildman–Crippen LogP) is 2.77. The highest BCUT2D eigenvalue weighted by molar-refractivity contribution is 5.38.